The lowest BCUT2D eigenvalue weighted by atomic mass is 10.1. The van der Waals surface area contributed by atoms with Gasteiger partial charge >= 0.3 is 0 Å². The highest BCUT2D eigenvalue weighted by Crippen LogP contribution is 2.06. The molecule has 0 aliphatic carbocycles. The third kappa shape index (κ3) is 4.98. The summed E-state index contributed by atoms with van der Waals surface area (Å²) in [4.78, 5) is 14.1. The third-order valence-electron chi connectivity index (χ3n) is 2.95. The Hall–Kier alpha value is -1.19. The number of rotatable bonds is 8. The zero-order valence-corrected chi connectivity index (χ0v) is 11.4. The highest BCUT2D eigenvalue weighted by molar-refractivity contribution is 5.97. The molecule has 0 unspecified atom stereocenters. The Kier molecular flexibility index (Phi) is 6.61. The molecule has 0 fully saturated rings. The van der Waals surface area contributed by atoms with Gasteiger partial charge in [0.2, 0.25) is 0 Å². The SMILES string of the molecule is CCCCN(CCO)CC(=O)c1cccc(C)c1. The van der Waals surface area contributed by atoms with Crippen molar-refractivity contribution >= 4 is 5.78 Å². The van der Waals surface area contributed by atoms with E-state index in [0.717, 1.165) is 30.5 Å². The number of hydrogen-bond acceptors (Lipinski definition) is 3. The van der Waals surface area contributed by atoms with E-state index in [9.17, 15) is 4.79 Å². The molecule has 100 valence electrons. The van der Waals surface area contributed by atoms with Crippen molar-refractivity contribution in [2.45, 2.75) is 26.7 Å². The molecule has 0 spiro atoms. The molecule has 0 aliphatic heterocycles. The molecule has 1 aromatic rings. The number of ketones is 1. The van der Waals surface area contributed by atoms with Gasteiger partial charge in [-0.3, -0.25) is 9.69 Å². The molecular formula is C15H23NO2. The molecule has 0 amide bonds. The lowest BCUT2D eigenvalue weighted by Crippen LogP contribution is -2.33. The van der Waals surface area contributed by atoms with Crippen molar-refractivity contribution in [3.8, 4) is 0 Å². The van der Waals surface area contributed by atoms with Gasteiger partial charge in [-0.25, -0.2) is 0 Å². The molecule has 3 heteroatoms. The first-order valence-electron chi connectivity index (χ1n) is 6.60. The average molecular weight is 249 g/mol. The molecule has 0 saturated heterocycles. The van der Waals surface area contributed by atoms with E-state index < -0.39 is 0 Å². The number of hydrogen-bond donors (Lipinski definition) is 1. The minimum Gasteiger partial charge on any atom is -0.395 e. The summed E-state index contributed by atoms with van der Waals surface area (Å²) in [6.07, 6.45) is 2.15. The summed E-state index contributed by atoms with van der Waals surface area (Å²) in [5, 5.41) is 9.01. The molecule has 1 N–H and O–H groups in total. The Morgan fingerprint density at radius 3 is 2.72 bits per heavy atom. The summed E-state index contributed by atoms with van der Waals surface area (Å²) in [7, 11) is 0. The third-order valence-corrected chi connectivity index (χ3v) is 2.95. The number of carbonyl (C=O) groups excluding carboxylic acids is 1. The van der Waals surface area contributed by atoms with Crippen LogP contribution in [0.15, 0.2) is 24.3 Å². The summed E-state index contributed by atoms with van der Waals surface area (Å²) in [5.41, 5.74) is 1.86. The van der Waals surface area contributed by atoms with Gasteiger partial charge in [0.25, 0.3) is 0 Å². The Morgan fingerprint density at radius 1 is 1.33 bits per heavy atom. The lowest BCUT2D eigenvalue weighted by Gasteiger charge is -2.20. The van der Waals surface area contributed by atoms with Crippen LogP contribution in [0, 0.1) is 6.92 Å². The second-order valence-corrected chi connectivity index (χ2v) is 4.65. The van der Waals surface area contributed by atoms with E-state index in [1.54, 1.807) is 0 Å². The van der Waals surface area contributed by atoms with Gasteiger partial charge in [-0.15, -0.1) is 0 Å². The fourth-order valence-corrected chi connectivity index (χ4v) is 1.91. The molecule has 1 aromatic carbocycles. The van der Waals surface area contributed by atoms with Crippen molar-refractivity contribution in [1.82, 2.24) is 4.90 Å². The van der Waals surface area contributed by atoms with Crippen molar-refractivity contribution in [1.29, 1.82) is 0 Å². The number of aliphatic hydroxyl groups is 1. The smallest absolute Gasteiger partial charge is 0.176 e. The number of nitrogens with zero attached hydrogens (tertiary/aromatic N) is 1. The summed E-state index contributed by atoms with van der Waals surface area (Å²) in [6.45, 7) is 6.04. The molecule has 0 radical (unpaired) electrons. The van der Waals surface area contributed by atoms with Crippen molar-refractivity contribution in [3.05, 3.63) is 35.4 Å². The molecule has 3 nitrogen and oxygen atoms in total. The van der Waals surface area contributed by atoms with Crippen molar-refractivity contribution < 1.29 is 9.90 Å². The highest BCUT2D eigenvalue weighted by Gasteiger charge is 2.11. The van der Waals surface area contributed by atoms with Gasteiger partial charge in [0.1, 0.15) is 0 Å². The van der Waals surface area contributed by atoms with Crippen LogP contribution in [0.1, 0.15) is 35.7 Å². The lowest BCUT2D eigenvalue weighted by molar-refractivity contribution is 0.0913. The number of Topliss-reactive ketones (excluding diaryl/α,β-unsaturated/α-hetero) is 1. The van der Waals surface area contributed by atoms with Gasteiger partial charge in [0.05, 0.1) is 13.2 Å². The normalized spacial score (nSPS) is 10.9. The van der Waals surface area contributed by atoms with E-state index in [0.29, 0.717) is 13.1 Å². The van der Waals surface area contributed by atoms with Crippen LogP contribution >= 0.6 is 0 Å². The van der Waals surface area contributed by atoms with Crippen LogP contribution in [0.3, 0.4) is 0 Å². The molecule has 0 heterocycles. The Labute approximate surface area is 109 Å². The summed E-state index contributed by atoms with van der Waals surface area (Å²) in [5.74, 6) is 0.128. The zero-order valence-electron chi connectivity index (χ0n) is 11.4. The molecule has 0 atom stereocenters. The van der Waals surface area contributed by atoms with Gasteiger partial charge in [-0.1, -0.05) is 37.1 Å². The quantitative estimate of drug-likeness (QED) is 0.719. The average Bonchev–Trinajstić information content (AvgIpc) is 2.36. The number of carbonyl (C=O) groups is 1. The van der Waals surface area contributed by atoms with Crippen LogP contribution < -0.4 is 0 Å². The first kappa shape index (κ1) is 14.9. The van der Waals surface area contributed by atoms with Gasteiger partial charge in [-0.2, -0.15) is 0 Å². The van der Waals surface area contributed by atoms with Crippen molar-refractivity contribution in [3.63, 3.8) is 0 Å². The van der Waals surface area contributed by atoms with E-state index in [2.05, 4.69) is 6.92 Å². The van der Waals surface area contributed by atoms with Crippen LogP contribution in [0.2, 0.25) is 0 Å². The summed E-state index contributed by atoms with van der Waals surface area (Å²) < 4.78 is 0. The summed E-state index contributed by atoms with van der Waals surface area (Å²) >= 11 is 0. The predicted molar refractivity (Wildman–Crippen MR) is 73.9 cm³/mol. The Balaban J connectivity index is 2.59. The second-order valence-electron chi connectivity index (χ2n) is 4.65. The molecule has 1 rings (SSSR count). The summed E-state index contributed by atoms with van der Waals surface area (Å²) in [6, 6.07) is 7.66. The van der Waals surface area contributed by atoms with Crippen LogP contribution in [0.5, 0.6) is 0 Å². The topological polar surface area (TPSA) is 40.5 Å². The fourth-order valence-electron chi connectivity index (χ4n) is 1.91. The first-order chi connectivity index (χ1) is 8.67. The van der Waals surface area contributed by atoms with E-state index in [4.69, 9.17) is 5.11 Å². The van der Waals surface area contributed by atoms with E-state index in [1.807, 2.05) is 36.1 Å². The standard InChI is InChI=1S/C15H23NO2/c1-3-4-8-16(9-10-17)12-15(18)14-7-5-6-13(2)11-14/h5-7,11,17H,3-4,8-10,12H2,1-2H3. The molecule has 0 saturated carbocycles. The van der Waals surface area contributed by atoms with Gasteiger partial charge in [-0.05, 0) is 26.0 Å². The molecular weight excluding hydrogens is 226 g/mol. The van der Waals surface area contributed by atoms with Gasteiger partial charge in [0.15, 0.2) is 5.78 Å². The maximum atomic E-state index is 12.1. The minimum atomic E-state index is 0.102. The van der Waals surface area contributed by atoms with Crippen LogP contribution in [-0.2, 0) is 0 Å². The maximum absolute atomic E-state index is 12.1. The molecule has 0 aromatic heterocycles. The molecule has 0 bridgehead atoms. The predicted octanol–water partition coefficient (Wildman–Crippen LogP) is 2.27. The fraction of sp³-hybridized carbons (Fsp3) is 0.533. The largest absolute Gasteiger partial charge is 0.395 e. The highest BCUT2D eigenvalue weighted by atomic mass is 16.3. The number of aliphatic hydroxyl groups excluding tert-OH is 1. The number of benzene rings is 1. The molecule has 18 heavy (non-hydrogen) atoms. The van der Waals surface area contributed by atoms with E-state index in [1.165, 1.54) is 0 Å². The zero-order chi connectivity index (χ0) is 13.4. The van der Waals surface area contributed by atoms with Crippen LogP contribution in [-0.4, -0.2) is 42.0 Å². The first-order valence-corrected chi connectivity index (χ1v) is 6.60. The van der Waals surface area contributed by atoms with Crippen molar-refractivity contribution in [2.24, 2.45) is 0 Å². The number of unbranched alkanes of at least 4 members (excludes halogenated alkanes) is 1. The minimum absolute atomic E-state index is 0.102. The Morgan fingerprint density at radius 2 is 2.11 bits per heavy atom. The van der Waals surface area contributed by atoms with Crippen LogP contribution in [0.4, 0.5) is 0 Å². The second kappa shape index (κ2) is 8.01. The van der Waals surface area contributed by atoms with E-state index in [-0.39, 0.29) is 12.4 Å². The Bertz CT molecular complexity index is 377. The van der Waals surface area contributed by atoms with Crippen LogP contribution in [0.25, 0.3) is 0 Å². The van der Waals surface area contributed by atoms with Crippen molar-refractivity contribution in [2.75, 3.05) is 26.2 Å². The number of aryl methyl sites for hydroxylation is 1. The maximum Gasteiger partial charge on any atom is 0.176 e. The van der Waals surface area contributed by atoms with Gasteiger partial charge < -0.3 is 5.11 Å². The van der Waals surface area contributed by atoms with E-state index >= 15 is 0 Å². The molecule has 0 aliphatic rings. The monoisotopic (exact) mass is 249 g/mol. The van der Waals surface area contributed by atoms with Gasteiger partial charge in [0, 0.05) is 12.1 Å².